The van der Waals surface area contributed by atoms with Crippen LogP contribution in [-0.4, -0.2) is 22.4 Å². The largest absolute Gasteiger partial charge is 0.506 e. The molecule has 1 atom stereocenters. The van der Waals surface area contributed by atoms with Gasteiger partial charge < -0.3 is 10.4 Å². The summed E-state index contributed by atoms with van der Waals surface area (Å²) in [7, 11) is 0. The maximum Gasteiger partial charge on any atom is 0.251 e. The van der Waals surface area contributed by atoms with Crippen LogP contribution in [0.1, 0.15) is 30.6 Å². The van der Waals surface area contributed by atoms with Crippen LogP contribution in [0.15, 0.2) is 18.2 Å². The molecule has 1 unspecified atom stereocenters. The predicted molar refractivity (Wildman–Crippen MR) is 77.6 cm³/mol. The molecule has 0 bridgehead atoms. The van der Waals surface area contributed by atoms with E-state index in [4.69, 9.17) is 11.6 Å². The lowest BCUT2D eigenvalue weighted by atomic mass is 10.0. The Morgan fingerprint density at radius 3 is 2.67 bits per heavy atom. The van der Waals surface area contributed by atoms with Gasteiger partial charge in [-0.2, -0.15) is 0 Å². The second kappa shape index (κ2) is 7.00. The van der Waals surface area contributed by atoms with Crippen molar-refractivity contribution in [3.63, 3.8) is 0 Å². The highest BCUT2D eigenvalue weighted by Crippen LogP contribution is 2.23. The average molecular weight is 335 g/mol. The van der Waals surface area contributed by atoms with Crippen LogP contribution in [0.5, 0.6) is 5.75 Å². The Hall–Kier alpha value is -0.740. The van der Waals surface area contributed by atoms with Crippen LogP contribution in [-0.2, 0) is 0 Å². The van der Waals surface area contributed by atoms with E-state index in [-0.39, 0.29) is 22.7 Å². The highest BCUT2D eigenvalue weighted by atomic mass is 79.9. The van der Waals surface area contributed by atoms with Crippen molar-refractivity contribution in [3.8, 4) is 5.75 Å². The highest BCUT2D eigenvalue weighted by Gasteiger charge is 2.15. The number of hydrogen-bond acceptors (Lipinski definition) is 2. The van der Waals surface area contributed by atoms with Crippen molar-refractivity contribution < 1.29 is 9.90 Å². The standard InChI is InChI=1S/C13H17BrClNO2/c1-8(2)5-10(7-14)16-13(18)9-3-4-12(17)11(15)6-9/h3-4,6,8,10,17H,5,7H2,1-2H3,(H,16,18). The third-order valence-corrected chi connectivity index (χ3v) is 3.57. The number of amides is 1. The van der Waals surface area contributed by atoms with E-state index in [0.717, 1.165) is 6.42 Å². The number of alkyl halides is 1. The molecule has 0 heterocycles. The number of halogens is 2. The van der Waals surface area contributed by atoms with E-state index in [0.29, 0.717) is 16.8 Å². The van der Waals surface area contributed by atoms with Gasteiger partial charge in [-0.25, -0.2) is 0 Å². The quantitative estimate of drug-likeness (QED) is 0.809. The molecule has 18 heavy (non-hydrogen) atoms. The minimum absolute atomic E-state index is 0.0209. The Kier molecular flexibility index (Phi) is 5.96. The minimum Gasteiger partial charge on any atom is -0.506 e. The molecular weight excluding hydrogens is 318 g/mol. The van der Waals surface area contributed by atoms with Gasteiger partial charge in [0.05, 0.1) is 5.02 Å². The fourth-order valence-electron chi connectivity index (χ4n) is 1.65. The molecule has 1 rings (SSSR count). The Morgan fingerprint density at radius 2 is 2.17 bits per heavy atom. The highest BCUT2D eigenvalue weighted by molar-refractivity contribution is 9.09. The summed E-state index contributed by atoms with van der Waals surface area (Å²) in [6.45, 7) is 4.22. The van der Waals surface area contributed by atoms with Gasteiger partial charge in [0.15, 0.2) is 0 Å². The van der Waals surface area contributed by atoms with Gasteiger partial charge in [-0.1, -0.05) is 41.4 Å². The number of phenols is 1. The van der Waals surface area contributed by atoms with Crippen LogP contribution in [0.3, 0.4) is 0 Å². The second-order valence-corrected chi connectivity index (χ2v) is 5.68. The molecule has 0 saturated carbocycles. The summed E-state index contributed by atoms with van der Waals surface area (Å²) in [4.78, 5) is 12.0. The summed E-state index contributed by atoms with van der Waals surface area (Å²) < 4.78 is 0. The zero-order valence-electron chi connectivity index (χ0n) is 10.4. The molecule has 0 fully saturated rings. The first-order valence-corrected chi connectivity index (χ1v) is 7.29. The first-order valence-electron chi connectivity index (χ1n) is 5.79. The van der Waals surface area contributed by atoms with Gasteiger partial charge in [0, 0.05) is 16.9 Å². The summed E-state index contributed by atoms with van der Waals surface area (Å²) in [6, 6.07) is 4.53. The molecule has 2 N–H and O–H groups in total. The molecular formula is C13H17BrClNO2. The lowest BCUT2D eigenvalue weighted by Crippen LogP contribution is -2.37. The molecule has 5 heteroatoms. The lowest BCUT2D eigenvalue weighted by molar-refractivity contribution is 0.0937. The van der Waals surface area contributed by atoms with Crippen LogP contribution < -0.4 is 5.32 Å². The van der Waals surface area contributed by atoms with Gasteiger partial charge in [0.25, 0.3) is 5.91 Å². The van der Waals surface area contributed by atoms with E-state index < -0.39 is 0 Å². The number of nitrogens with one attached hydrogen (secondary N) is 1. The molecule has 0 aromatic heterocycles. The van der Waals surface area contributed by atoms with Crippen LogP contribution in [0.25, 0.3) is 0 Å². The fraction of sp³-hybridized carbons (Fsp3) is 0.462. The molecule has 0 aliphatic heterocycles. The number of rotatable bonds is 5. The topological polar surface area (TPSA) is 49.3 Å². The van der Waals surface area contributed by atoms with Crippen molar-refractivity contribution >= 4 is 33.4 Å². The van der Waals surface area contributed by atoms with E-state index >= 15 is 0 Å². The molecule has 0 spiro atoms. The number of hydrogen-bond donors (Lipinski definition) is 2. The molecule has 1 aromatic rings. The minimum atomic E-state index is -0.179. The first kappa shape index (κ1) is 15.3. The van der Waals surface area contributed by atoms with Crippen LogP contribution in [0, 0.1) is 5.92 Å². The Bertz CT molecular complexity index is 423. The lowest BCUT2D eigenvalue weighted by Gasteiger charge is -2.18. The molecule has 0 aliphatic rings. The summed E-state index contributed by atoms with van der Waals surface area (Å²) in [6.07, 6.45) is 0.906. The van der Waals surface area contributed by atoms with Gasteiger partial charge in [-0.15, -0.1) is 0 Å². The van der Waals surface area contributed by atoms with Crippen molar-refractivity contribution in [1.29, 1.82) is 0 Å². The zero-order chi connectivity index (χ0) is 13.7. The van der Waals surface area contributed by atoms with Crippen molar-refractivity contribution in [2.24, 2.45) is 5.92 Å². The molecule has 3 nitrogen and oxygen atoms in total. The number of phenolic OH excluding ortho intramolecular Hbond substituents is 1. The Labute approximate surface area is 121 Å². The Balaban J connectivity index is 2.71. The van der Waals surface area contributed by atoms with Crippen molar-refractivity contribution in [2.75, 3.05) is 5.33 Å². The van der Waals surface area contributed by atoms with Gasteiger partial charge in [0.2, 0.25) is 0 Å². The monoisotopic (exact) mass is 333 g/mol. The first-order chi connectivity index (χ1) is 8.43. The predicted octanol–water partition coefficient (Wildman–Crippen LogP) is 3.59. The maximum absolute atomic E-state index is 12.0. The molecule has 0 radical (unpaired) electrons. The van der Waals surface area contributed by atoms with Gasteiger partial charge >= 0.3 is 0 Å². The van der Waals surface area contributed by atoms with Crippen molar-refractivity contribution in [2.45, 2.75) is 26.3 Å². The van der Waals surface area contributed by atoms with E-state index in [1.54, 1.807) is 6.07 Å². The SMILES string of the molecule is CC(C)CC(CBr)NC(=O)c1ccc(O)c(Cl)c1. The summed E-state index contributed by atoms with van der Waals surface area (Å²) in [5, 5.41) is 13.1. The van der Waals surface area contributed by atoms with E-state index in [2.05, 4.69) is 35.1 Å². The average Bonchev–Trinajstić information content (AvgIpc) is 2.31. The maximum atomic E-state index is 12.0. The molecule has 0 aliphatic carbocycles. The molecule has 0 saturated heterocycles. The fourth-order valence-corrected chi connectivity index (χ4v) is 2.25. The molecule has 100 valence electrons. The number of aromatic hydroxyl groups is 1. The number of benzene rings is 1. The van der Waals surface area contributed by atoms with Crippen LogP contribution in [0.2, 0.25) is 5.02 Å². The molecule has 1 aromatic carbocycles. The van der Waals surface area contributed by atoms with E-state index in [1.165, 1.54) is 12.1 Å². The van der Waals surface area contributed by atoms with Crippen LogP contribution >= 0.6 is 27.5 Å². The van der Waals surface area contributed by atoms with Crippen molar-refractivity contribution in [3.05, 3.63) is 28.8 Å². The number of carbonyl (C=O) groups is 1. The molecule has 1 amide bonds. The number of carbonyl (C=O) groups excluding carboxylic acids is 1. The zero-order valence-corrected chi connectivity index (χ0v) is 12.8. The third kappa shape index (κ3) is 4.50. The van der Waals surface area contributed by atoms with Crippen LogP contribution in [0.4, 0.5) is 0 Å². The third-order valence-electron chi connectivity index (χ3n) is 2.49. The summed E-state index contributed by atoms with van der Waals surface area (Å²) in [5.41, 5.74) is 0.451. The van der Waals surface area contributed by atoms with Crippen molar-refractivity contribution in [1.82, 2.24) is 5.32 Å². The van der Waals surface area contributed by atoms with Gasteiger partial charge in [-0.3, -0.25) is 4.79 Å². The normalized spacial score (nSPS) is 12.5. The van der Waals surface area contributed by atoms with E-state index in [1.807, 2.05) is 0 Å². The second-order valence-electron chi connectivity index (χ2n) is 4.62. The van der Waals surface area contributed by atoms with Gasteiger partial charge in [0.1, 0.15) is 5.75 Å². The smallest absolute Gasteiger partial charge is 0.251 e. The Morgan fingerprint density at radius 1 is 1.50 bits per heavy atom. The summed E-state index contributed by atoms with van der Waals surface area (Å²) in [5.74, 6) is 0.311. The van der Waals surface area contributed by atoms with Gasteiger partial charge in [-0.05, 0) is 30.5 Å². The summed E-state index contributed by atoms with van der Waals surface area (Å²) >= 11 is 9.16. The van der Waals surface area contributed by atoms with E-state index in [9.17, 15) is 9.90 Å².